The lowest BCUT2D eigenvalue weighted by molar-refractivity contribution is -0.185. The predicted octanol–water partition coefficient (Wildman–Crippen LogP) is 4.21. The minimum atomic E-state index is -0.329. The molecule has 2 heterocycles. The van der Waals surface area contributed by atoms with Crippen LogP contribution in [0.5, 0.6) is 0 Å². The predicted molar refractivity (Wildman–Crippen MR) is 90.8 cm³/mol. The van der Waals surface area contributed by atoms with Crippen LogP contribution in [0, 0.1) is 29.1 Å². The number of hydrogen-bond acceptors (Lipinski definition) is 4. The molecular weight excluding hydrogens is 292 g/mol. The first-order valence-electron chi connectivity index (χ1n) is 8.89. The van der Waals surface area contributed by atoms with Crippen LogP contribution in [-0.4, -0.2) is 24.1 Å². The summed E-state index contributed by atoms with van der Waals surface area (Å²) in [5.41, 5.74) is -0.329. The van der Waals surface area contributed by atoms with Gasteiger partial charge in [0, 0.05) is 6.42 Å². The lowest BCUT2D eigenvalue weighted by Crippen LogP contribution is -2.50. The second-order valence-electron chi connectivity index (χ2n) is 8.29. The van der Waals surface area contributed by atoms with Gasteiger partial charge in [-0.3, -0.25) is 9.59 Å². The molecule has 0 saturated carbocycles. The maximum absolute atomic E-state index is 11.8. The van der Waals surface area contributed by atoms with E-state index in [1.165, 1.54) is 0 Å². The zero-order valence-electron chi connectivity index (χ0n) is 16.0. The van der Waals surface area contributed by atoms with Crippen molar-refractivity contribution in [1.29, 1.82) is 0 Å². The average Bonchev–Trinajstić information content (AvgIpc) is 2.88. The summed E-state index contributed by atoms with van der Waals surface area (Å²) in [6.07, 6.45) is 1.81. The Morgan fingerprint density at radius 3 is 1.91 bits per heavy atom. The SMILES string of the molecule is CC(C)[C@@H]1OC(=O)C(C)(C)[C@@H](C)[C@H]1C.CC(C)[C@H]1CCC(=O)O1. The molecule has 0 unspecified atom stereocenters. The molecule has 2 aliphatic heterocycles. The molecule has 0 radical (unpaired) electrons. The summed E-state index contributed by atoms with van der Waals surface area (Å²) < 4.78 is 10.5. The Labute approximate surface area is 141 Å². The maximum atomic E-state index is 11.8. The zero-order valence-corrected chi connectivity index (χ0v) is 16.0. The van der Waals surface area contributed by atoms with E-state index in [0.29, 0.717) is 30.1 Å². The molecule has 0 aromatic carbocycles. The summed E-state index contributed by atoms with van der Waals surface area (Å²) in [7, 11) is 0. The van der Waals surface area contributed by atoms with Gasteiger partial charge in [0.1, 0.15) is 12.2 Å². The van der Waals surface area contributed by atoms with Crippen LogP contribution in [0.3, 0.4) is 0 Å². The molecule has 0 aliphatic carbocycles. The molecule has 0 spiro atoms. The highest BCUT2D eigenvalue weighted by molar-refractivity contribution is 5.77. The third-order valence-electron chi connectivity index (χ3n) is 5.53. The normalized spacial score (nSPS) is 33.1. The third-order valence-corrected chi connectivity index (χ3v) is 5.53. The van der Waals surface area contributed by atoms with E-state index in [0.717, 1.165) is 6.42 Å². The van der Waals surface area contributed by atoms with Gasteiger partial charge in [-0.15, -0.1) is 0 Å². The van der Waals surface area contributed by atoms with E-state index in [1.807, 2.05) is 13.8 Å². The highest BCUT2D eigenvalue weighted by atomic mass is 16.6. The molecule has 0 bridgehead atoms. The van der Waals surface area contributed by atoms with E-state index in [2.05, 4.69) is 41.5 Å². The van der Waals surface area contributed by atoms with Crippen LogP contribution < -0.4 is 0 Å². The molecule has 0 N–H and O–H groups in total. The molecule has 134 valence electrons. The Balaban J connectivity index is 0.000000253. The van der Waals surface area contributed by atoms with Gasteiger partial charge in [-0.25, -0.2) is 0 Å². The fourth-order valence-corrected chi connectivity index (χ4v) is 3.27. The zero-order chi connectivity index (χ0) is 17.9. The van der Waals surface area contributed by atoms with Crippen molar-refractivity contribution in [1.82, 2.24) is 0 Å². The molecule has 4 heteroatoms. The maximum Gasteiger partial charge on any atom is 0.312 e. The van der Waals surface area contributed by atoms with Crippen molar-refractivity contribution in [3.05, 3.63) is 0 Å². The third kappa shape index (κ3) is 4.71. The van der Waals surface area contributed by atoms with Gasteiger partial charge in [0.25, 0.3) is 0 Å². The molecule has 0 aromatic rings. The highest BCUT2D eigenvalue weighted by Gasteiger charge is 2.47. The summed E-state index contributed by atoms with van der Waals surface area (Å²) in [5, 5.41) is 0. The lowest BCUT2D eigenvalue weighted by Gasteiger charge is -2.44. The summed E-state index contributed by atoms with van der Waals surface area (Å²) in [5.74, 6) is 1.65. The van der Waals surface area contributed by atoms with Gasteiger partial charge in [-0.2, -0.15) is 0 Å². The fourth-order valence-electron chi connectivity index (χ4n) is 3.27. The van der Waals surface area contributed by atoms with E-state index in [4.69, 9.17) is 9.47 Å². The molecule has 2 aliphatic rings. The van der Waals surface area contributed by atoms with Crippen LogP contribution in [0.1, 0.15) is 68.2 Å². The van der Waals surface area contributed by atoms with E-state index in [9.17, 15) is 9.59 Å². The Morgan fingerprint density at radius 2 is 1.57 bits per heavy atom. The molecule has 23 heavy (non-hydrogen) atoms. The van der Waals surface area contributed by atoms with Crippen LogP contribution in [0.4, 0.5) is 0 Å². The van der Waals surface area contributed by atoms with Gasteiger partial charge < -0.3 is 9.47 Å². The first-order valence-corrected chi connectivity index (χ1v) is 8.89. The summed E-state index contributed by atoms with van der Waals surface area (Å²) in [6.45, 7) is 16.7. The minimum absolute atomic E-state index is 0.0336. The minimum Gasteiger partial charge on any atom is -0.462 e. The van der Waals surface area contributed by atoms with E-state index in [1.54, 1.807) is 0 Å². The molecule has 0 amide bonds. The monoisotopic (exact) mass is 326 g/mol. The second-order valence-corrected chi connectivity index (χ2v) is 8.29. The average molecular weight is 326 g/mol. The Morgan fingerprint density at radius 1 is 1.00 bits per heavy atom. The quantitative estimate of drug-likeness (QED) is 0.713. The second kappa shape index (κ2) is 7.67. The number of esters is 2. The van der Waals surface area contributed by atoms with Crippen molar-refractivity contribution in [2.75, 3.05) is 0 Å². The topological polar surface area (TPSA) is 52.6 Å². The molecule has 0 aromatic heterocycles. The van der Waals surface area contributed by atoms with Crippen molar-refractivity contribution in [2.45, 2.75) is 80.4 Å². The summed E-state index contributed by atoms with van der Waals surface area (Å²) in [4.78, 5) is 22.3. The van der Waals surface area contributed by atoms with E-state index in [-0.39, 0.29) is 29.6 Å². The number of ether oxygens (including phenoxy) is 2. The van der Waals surface area contributed by atoms with Crippen molar-refractivity contribution >= 4 is 11.9 Å². The smallest absolute Gasteiger partial charge is 0.312 e. The fraction of sp³-hybridized carbons (Fsp3) is 0.895. The first kappa shape index (κ1) is 20.0. The number of cyclic esters (lactones) is 2. The molecule has 2 rings (SSSR count). The Bertz CT molecular complexity index is 423. The van der Waals surface area contributed by atoms with Gasteiger partial charge in [0.05, 0.1) is 5.41 Å². The lowest BCUT2D eigenvalue weighted by atomic mass is 9.68. The molecule has 4 atom stereocenters. The van der Waals surface area contributed by atoms with Gasteiger partial charge >= 0.3 is 11.9 Å². The summed E-state index contributed by atoms with van der Waals surface area (Å²) in [6, 6.07) is 0. The highest BCUT2D eigenvalue weighted by Crippen LogP contribution is 2.42. The largest absolute Gasteiger partial charge is 0.462 e. The summed E-state index contributed by atoms with van der Waals surface area (Å²) >= 11 is 0. The molecule has 2 fully saturated rings. The molecule has 2 saturated heterocycles. The van der Waals surface area contributed by atoms with Crippen LogP contribution in [0.2, 0.25) is 0 Å². The first-order chi connectivity index (χ1) is 10.5. The van der Waals surface area contributed by atoms with Crippen LogP contribution in [0.25, 0.3) is 0 Å². The number of hydrogen-bond donors (Lipinski definition) is 0. The van der Waals surface area contributed by atoms with E-state index < -0.39 is 0 Å². The number of carbonyl (C=O) groups is 2. The standard InChI is InChI=1S/C12H22O2.C7H12O2/c1-7(2)10-8(3)9(4)12(5,6)11(13)14-10;1-5(2)6-3-4-7(8)9-6/h7-10H,1-6H3;5-6H,3-4H2,1-2H3/t8-,9+,10+;6-/m11/s1. The van der Waals surface area contributed by atoms with Gasteiger partial charge in [-0.05, 0) is 43.9 Å². The van der Waals surface area contributed by atoms with Crippen LogP contribution in [-0.2, 0) is 19.1 Å². The molecule has 4 nitrogen and oxygen atoms in total. The van der Waals surface area contributed by atoms with Crippen molar-refractivity contribution < 1.29 is 19.1 Å². The van der Waals surface area contributed by atoms with Gasteiger partial charge in [0.2, 0.25) is 0 Å². The van der Waals surface area contributed by atoms with Crippen molar-refractivity contribution in [2.24, 2.45) is 29.1 Å². The number of rotatable bonds is 2. The van der Waals surface area contributed by atoms with Gasteiger partial charge in [-0.1, -0.05) is 41.5 Å². The van der Waals surface area contributed by atoms with Crippen molar-refractivity contribution in [3.8, 4) is 0 Å². The van der Waals surface area contributed by atoms with Crippen molar-refractivity contribution in [3.63, 3.8) is 0 Å². The van der Waals surface area contributed by atoms with Gasteiger partial charge in [0.15, 0.2) is 0 Å². The van der Waals surface area contributed by atoms with Crippen LogP contribution in [0.15, 0.2) is 0 Å². The van der Waals surface area contributed by atoms with E-state index >= 15 is 0 Å². The Kier molecular flexibility index (Phi) is 6.67. The number of carbonyl (C=O) groups excluding carboxylic acids is 2. The molecular formula is C19H34O4. The van der Waals surface area contributed by atoms with Crippen LogP contribution >= 0.6 is 0 Å². The Hall–Kier alpha value is -1.06.